The van der Waals surface area contributed by atoms with E-state index in [2.05, 4.69) is 21.3 Å². The molecule has 48 heavy (non-hydrogen) atoms. The van der Waals surface area contributed by atoms with Gasteiger partial charge in [-0.15, -0.1) is 0 Å². The number of nitrogens with one attached hydrogen (secondary N) is 4. The molecule has 1 heterocycles. The fourth-order valence-electron chi connectivity index (χ4n) is 5.16. The van der Waals surface area contributed by atoms with Gasteiger partial charge in [0.05, 0.1) is 23.9 Å². The van der Waals surface area contributed by atoms with Crippen LogP contribution in [-0.2, 0) is 31.7 Å². The number of carboxylic acid groups (broad SMARTS) is 1. The van der Waals surface area contributed by atoms with Crippen LogP contribution in [0.3, 0.4) is 0 Å². The zero-order chi connectivity index (χ0) is 35.6. The summed E-state index contributed by atoms with van der Waals surface area (Å²) in [6, 6.07) is 6.11. The molecule has 0 spiro atoms. The first-order valence-corrected chi connectivity index (χ1v) is 15.4. The van der Waals surface area contributed by atoms with E-state index in [1.165, 1.54) is 30.0 Å². The number of amides is 4. The molecule has 3 unspecified atom stereocenters. The standard InChI is InChI=1S/C33H40F3N5O7/c1-5-6-13-24(30(44)45)37-29(43)26(17-20-18-41(32(47)48-4)27-15-10-7-11-21(20)27)38-28(42)25(16-19(2)3)40-31(46)39-23-14-9-8-12-22(23)33(34,35)36/h7-12,14-15,18-19,24-26H,5-6,13,16-17H2,1-4H3,(H,37,43)(H,38,42)(H,44,45)(H2,39,40,46). The quantitative estimate of drug-likeness (QED) is 0.155. The molecule has 0 radical (unpaired) electrons. The highest BCUT2D eigenvalue weighted by Gasteiger charge is 2.35. The van der Waals surface area contributed by atoms with Gasteiger partial charge in [0.25, 0.3) is 0 Å². The second-order valence-corrected chi connectivity index (χ2v) is 11.6. The summed E-state index contributed by atoms with van der Waals surface area (Å²) in [5, 5.41) is 19.9. The number of fused-ring (bicyclic) bond motifs is 1. The van der Waals surface area contributed by atoms with Crippen LogP contribution in [0.4, 0.5) is 28.4 Å². The van der Waals surface area contributed by atoms with Crippen molar-refractivity contribution >= 4 is 46.5 Å². The number of unbranched alkanes of at least 4 members (excludes halogenated alkanes) is 1. The largest absolute Gasteiger partial charge is 0.480 e. The molecule has 3 atom stereocenters. The van der Waals surface area contributed by atoms with E-state index in [1.807, 2.05) is 6.92 Å². The number of alkyl halides is 3. The van der Waals surface area contributed by atoms with Crippen LogP contribution in [0.2, 0.25) is 0 Å². The van der Waals surface area contributed by atoms with Gasteiger partial charge in [0.1, 0.15) is 18.1 Å². The molecule has 2 aromatic carbocycles. The predicted molar refractivity (Wildman–Crippen MR) is 171 cm³/mol. The number of ether oxygens (including phenoxy) is 1. The summed E-state index contributed by atoms with van der Waals surface area (Å²) in [4.78, 5) is 64.7. The van der Waals surface area contributed by atoms with E-state index in [0.717, 1.165) is 12.1 Å². The first kappa shape index (κ1) is 37.4. The van der Waals surface area contributed by atoms with Crippen LogP contribution in [0.25, 0.3) is 10.9 Å². The summed E-state index contributed by atoms with van der Waals surface area (Å²) in [7, 11) is 1.20. The Morgan fingerprint density at radius 1 is 0.896 bits per heavy atom. The van der Waals surface area contributed by atoms with Gasteiger partial charge in [0.15, 0.2) is 0 Å². The molecule has 260 valence electrons. The SMILES string of the molecule is CCCCC(NC(=O)C(Cc1cn(C(=O)OC)c2ccccc12)NC(=O)C(CC(C)C)NC(=O)Nc1ccccc1C(F)(F)F)C(=O)O. The lowest BCUT2D eigenvalue weighted by Gasteiger charge is -2.25. The fraction of sp³-hybridized carbons (Fsp3) is 0.424. The van der Waals surface area contributed by atoms with E-state index in [0.29, 0.717) is 29.3 Å². The predicted octanol–water partition coefficient (Wildman–Crippen LogP) is 5.30. The summed E-state index contributed by atoms with van der Waals surface area (Å²) in [5.74, 6) is -3.10. The van der Waals surface area contributed by atoms with Gasteiger partial charge in [-0.1, -0.05) is 63.9 Å². The van der Waals surface area contributed by atoms with Gasteiger partial charge >= 0.3 is 24.3 Å². The molecule has 15 heteroatoms. The molecule has 0 saturated heterocycles. The number of nitrogens with zero attached hydrogens (tertiary/aromatic N) is 1. The highest BCUT2D eigenvalue weighted by molar-refractivity contribution is 5.97. The minimum atomic E-state index is -4.75. The van der Waals surface area contributed by atoms with Gasteiger partial charge in [-0.3, -0.25) is 14.2 Å². The molecule has 0 aliphatic heterocycles. The van der Waals surface area contributed by atoms with Crippen molar-refractivity contribution in [2.45, 2.75) is 77.2 Å². The third-order valence-corrected chi connectivity index (χ3v) is 7.49. The third-order valence-electron chi connectivity index (χ3n) is 7.49. The number of halogens is 3. The lowest BCUT2D eigenvalue weighted by molar-refractivity contribution is -0.142. The van der Waals surface area contributed by atoms with Gasteiger partial charge in [0.2, 0.25) is 11.8 Å². The van der Waals surface area contributed by atoms with Crippen molar-refractivity contribution in [1.29, 1.82) is 0 Å². The van der Waals surface area contributed by atoms with Crippen molar-refractivity contribution < 1.29 is 47.0 Å². The number of carbonyl (C=O) groups excluding carboxylic acids is 4. The first-order chi connectivity index (χ1) is 22.7. The number of hydrogen-bond donors (Lipinski definition) is 5. The second kappa shape index (κ2) is 16.7. The lowest BCUT2D eigenvalue weighted by atomic mass is 10.0. The molecule has 0 fully saturated rings. The Morgan fingerprint density at radius 3 is 2.15 bits per heavy atom. The Labute approximate surface area is 275 Å². The second-order valence-electron chi connectivity index (χ2n) is 11.6. The highest BCUT2D eigenvalue weighted by Crippen LogP contribution is 2.34. The van der Waals surface area contributed by atoms with E-state index in [-0.39, 0.29) is 25.2 Å². The number of hydrogen-bond acceptors (Lipinski definition) is 6. The number of anilines is 1. The van der Waals surface area contributed by atoms with Crippen molar-refractivity contribution in [1.82, 2.24) is 20.5 Å². The Bertz CT molecular complexity index is 1620. The molecular formula is C33H40F3N5O7. The normalized spacial score (nSPS) is 13.3. The monoisotopic (exact) mass is 675 g/mol. The molecule has 12 nitrogen and oxygen atoms in total. The molecule has 0 aliphatic rings. The number of urea groups is 1. The van der Waals surface area contributed by atoms with Crippen LogP contribution in [0.5, 0.6) is 0 Å². The highest BCUT2D eigenvalue weighted by atomic mass is 19.4. The number of aliphatic carboxylic acids is 1. The lowest BCUT2D eigenvalue weighted by Crippen LogP contribution is -2.57. The van der Waals surface area contributed by atoms with Crippen molar-refractivity contribution in [3.8, 4) is 0 Å². The summed E-state index contributed by atoms with van der Waals surface area (Å²) in [6.45, 7) is 5.38. The average Bonchev–Trinajstić information content (AvgIpc) is 3.39. The number of para-hydroxylation sites is 2. The Morgan fingerprint density at radius 2 is 1.52 bits per heavy atom. The van der Waals surface area contributed by atoms with E-state index >= 15 is 0 Å². The Kier molecular flexibility index (Phi) is 13.0. The maximum Gasteiger partial charge on any atom is 0.418 e. The van der Waals surface area contributed by atoms with E-state index in [4.69, 9.17) is 4.74 Å². The number of carbonyl (C=O) groups is 5. The third kappa shape index (κ3) is 9.96. The Hall–Kier alpha value is -5.08. The molecule has 1 aromatic heterocycles. The van der Waals surface area contributed by atoms with Crippen LogP contribution >= 0.6 is 0 Å². The summed E-state index contributed by atoms with van der Waals surface area (Å²) in [6.07, 6.45) is -2.83. The molecule has 0 bridgehead atoms. The Balaban J connectivity index is 1.94. The number of carboxylic acids is 1. The topological polar surface area (TPSA) is 168 Å². The summed E-state index contributed by atoms with van der Waals surface area (Å²) >= 11 is 0. The van der Waals surface area contributed by atoms with Gasteiger partial charge in [-0.25, -0.2) is 14.4 Å². The van der Waals surface area contributed by atoms with E-state index < -0.39 is 65.5 Å². The van der Waals surface area contributed by atoms with E-state index in [9.17, 15) is 42.3 Å². The van der Waals surface area contributed by atoms with Crippen molar-refractivity contribution in [3.63, 3.8) is 0 Å². The van der Waals surface area contributed by atoms with Crippen LogP contribution < -0.4 is 21.3 Å². The molecule has 0 saturated carbocycles. The maximum atomic E-state index is 13.7. The average molecular weight is 676 g/mol. The molecular weight excluding hydrogens is 635 g/mol. The van der Waals surface area contributed by atoms with Gasteiger partial charge in [0, 0.05) is 18.0 Å². The van der Waals surface area contributed by atoms with Crippen LogP contribution in [-0.4, -0.2) is 64.8 Å². The van der Waals surface area contributed by atoms with Gasteiger partial charge in [-0.05, 0) is 42.5 Å². The number of rotatable bonds is 14. The van der Waals surface area contributed by atoms with Crippen LogP contribution in [0, 0.1) is 5.92 Å². The number of benzene rings is 2. The molecule has 3 rings (SSSR count). The van der Waals surface area contributed by atoms with Crippen LogP contribution in [0.15, 0.2) is 54.7 Å². The van der Waals surface area contributed by atoms with Crippen molar-refractivity contribution in [2.75, 3.05) is 12.4 Å². The molecule has 5 N–H and O–H groups in total. The summed E-state index contributed by atoms with van der Waals surface area (Å²) < 4.78 is 46.6. The smallest absolute Gasteiger partial charge is 0.418 e. The van der Waals surface area contributed by atoms with Gasteiger partial charge in [-0.2, -0.15) is 13.2 Å². The fourth-order valence-corrected chi connectivity index (χ4v) is 5.16. The minimum Gasteiger partial charge on any atom is -0.480 e. The number of aromatic nitrogens is 1. The molecule has 4 amide bonds. The van der Waals surface area contributed by atoms with E-state index in [1.54, 1.807) is 38.1 Å². The summed E-state index contributed by atoms with van der Waals surface area (Å²) in [5.41, 5.74) is -0.681. The molecule has 0 aliphatic carbocycles. The first-order valence-electron chi connectivity index (χ1n) is 15.4. The zero-order valence-corrected chi connectivity index (χ0v) is 27.0. The van der Waals surface area contributed by atoms with Crippen LogP contribution in [0.1, 0.15) is 57.6 Å². The number of methoxy groups -OCH3 is 1. The molecule has 3 aromatic rings. The van der Waals surface area contributed by atoms with Gasteiger partial charge < -0.3 is 31.1 Å². The maximum absolute atomic E-state index is 13.7. The minimum absolute atomic E-state index is 0.0460. The zero-order valence-electron chi connectivity index (χ0n) is 27.0. The van der Waals surface area contributed by atoms with Crippen molar-refractivity contribution in [2.24, 2.45) is 5.92 Å². The van der Waals surface area contributed by atoms with Crippen molar-refractivity contribution in [3.05, 3.63) is 65.9 Å².